The quantitative estimate of drug-likeness (QED) is 0.268. The minimum absolute atomic E-state index is 0.231. The standard InChI is InChI=1S/C13H11NO8/c15-8-9(16)12(18)22-11(8)13(19)7(10(13)17)5-2-1-3-6(4-5)14(20)21/h1-4,7,9-11,16-17,19H/t7?,9?,10?,11-,13-/m0/s1. The number of ketones is 1. The zero-order valence-electron chi connectivity index (χ0n) is 10.9. The molecule has 0 radical (unpaired) electrons. The van der Waals surface area contributed by atoms with Crippen LogP contribution < -0.4 is 0 Å². The van der Waals surface area contributed by atoms with Gasteiger partial charge in [-0.2, -0.15) is 0 Å². The number of Topliss-reactive ketones (excluding diaryl/α,β-unsaturated/α-hetero) is 1. The summed E-state index contributed by atoms with van der Waals surface area (Å²) in [5.74, 6) is -3.26. The summed E-state index contributed by atoms with van der Waals surface area (Å²) in [5.41, 5.74) is -2.11. The third kappa shape index (κ3) is 1.83. The van der Waals surface area contributed by atoms with Crippen molar-refractivity contribution in [2.45, 2.75) is 29.8 Å². The number of nitro benzene ring substituents is 1. The van der Waals surface area contributed by atoms with E-state index >= 15 is 0 Å². The number of aliphatic hydroxyl groups is 3. The number of aliphatic hydroxyl groups excluding tert-OH is 2. The van der Waals surface area contributed by atoms with Gasteiger partial charge < -0.3 is 20.1 Å². The van der Waals surface area contributed by atoms with Crippen molar-refractivity contribution in [1.82, 2.24) is 0 Å². The van der Waals surface area contributed by atoms with E-state index in [0.717, 1.165) is 6.07 Å². The van der Waals surface area contributed by atoms with Gasteiger partial charge in [-0.25, -0.2) is 4.79 Å². The highest BCUT2D eigenvalue weighted by atomic mass is 16.6. The topological polar surface area (TPSA) is 147 Å². The highest BCUT2D eigenvalue weighted by molar-refractivity contribution is 6.10. The lowest BCUT2D eigenvalue weighted by atomic mass is 10.00. The lowest BCUT2D eigenvalue weighted by Gasteiger charge is -2.15. The van der Waals surface area contributed by atoms with Crippen LogP contribution in [0.2, 0.25) is 0 Å². The maximum Gasteiger partial charge on any atom is 0.343 e. The van der Waals surface area contributed by atoms with Crippen LogP contribution in [0.4, 0.5) is 5.69 Å². The number of non-ortho nitro benzene ring substituents is 1. The van der Waals surface area contributed by atoms with Crippen LogP contribution in [0.3, 0.4) is 0 Å². The van der Waals surface area contributed by atoms with E-state index in [9.17, 15) is 35.0 Å². The SMILES string of the molecule is O=C1O[C@H]([C@@]2(O)C(O)C2c2cccc([N+](=O)[O-])c2)C(=O)C1O. The van der Waals surface area contributed by atoms with E-state index in [4.69, 9.17) is 0 Å². The van der Waals surface area contributed by atoms with Crippen LogP contribution in [0.25, 0.3) is 0 Å². The highest BCUT2D eigenvalue weighted by Gasteiger charge is 2.74. The molecule has 22 heavy (non-hydrogen) atoms. The van der Waals surface area contributed by atoms with Crippen LogP contribution in [0.1, 0.15) is 11.5 Å². The zero-order valence-corrected chi connectivity index (χ0v) is 10.9. The fraction of sp³-hybridized carbons (Fsp3) is 0.385. The van der Waals surface area contributed by atoms with Gasteiger partial charge in [-0.05, 0) is 5.56 Å². The van der Waals surface area contributed by atoms with Gasteiger partial charge in [-0.1, -0.05) is 12.1 Å². The molecule has 116 valence electrons. The summed E-state index contributed by atoms with van der Waals surface area (Å²) in [6, 6.07) is 5.21. The van der Waals surface area contributed by atoms with Gasteiger partial charge >= 0.3 is 5.97 Å². The van der Waals surface area contributed by atoms with Crippen molar-refractivity contribution in [1.29, 1.82) is 0 Å². The number of nitro groups is 1. The molecule has 2 fully saturated rings. The van der Waals surface area contributed by atoms with Crippen LogP contribution in [-0.2, 0) is 14.3 Å². The van der Waals surface area contributed by atoms with E-state index in [1.54, 1.807) is 0 Å². The van der Waals surface area contributed by atoms with Gasteiger partial charge in [0, 0.05) is 18.1 Å². The maximum absolute atomic E-state index is 11.7. The molecule has 3 unspecified atom stereocenters. The second-order valence-electron chi connectivity index (χ2n) is 5.28. The molecule has 3 N–H and O–H groups in total. The third-order valence-corrected chi connectivity index (χ3v) is 4.02. The summed E-state index contributed by atoms with van der Waals surface area (Å²) in [4.78, 5) is 33.0. The Labute approximate surface area is 122 Å². The summed E-state index contributed by atoms with van der Waals surface area (Å²) in [5, 5.41) is 40.4. The number of esters is 1. The summed E-state index contributed by atoms with van der Waals surface area (Å²) in [7, 11) is 0. The second-order valence-corrected chi connectivity index (χ2v) is 5.28. The largest absolute Gasteiger partial charge is 0.449 e. The van der Waals surface area contributed by atoms with Gasteiger partial charge in [-0.15, -0.1) is 0 Å². The van der Waals surface area contributed by atoms with E-state index in [2.05, 4.69) is 4.74 Å². The van der Waals surface area contributed by atoms with Gasteiger partial charge in [0.1, 0.15) is 5.60 Å². The molecule has 2 aliphatic rings. The molecular formula is C13H11NO8. The molecule has 1 aromatic carbocycles. The molecule has 1 saturated heterocycles. The van der Waals surface area contributed by atoms with Crippen LogP contribution >= 0.6 is 0 Å². The van der Waals surface area contributed by atoms with Crippen molar-refractivity contribution in [2.24, 2.45) is 0 Å². The third-order valence-electron chi connectivity index (χ3n) is 4.02. The molecule has 5 atom stereocenters. The Hall–Kier alpha value is -2.36. The van der Waals surface area contributed by atoms with Gasteiger partial charge in [0.25, 0.3) is 5.69 Å². The first-order valence-electron chi connectivity index (χ1n) is 6.35. The molecule has 1 saturated carbocycles. The fourth-order valence-electron chi connectivity index (χ4n) is 2.80. The normalized spacial score (nSPS) is 37.0. The predicted octanol–water partition coefficient (Wildman–Crippen LogP) is -1.36. The van der Waals surface area contributed by atoms with Gasteiger partial charge in [-0.3, -0.25) is 14.9 Å². The molecule has 1 aromatic rings. The molecule has 1 aliphatic heterocycles. The van der Waals surface area contributed by atoms with Crippen LogP contribution in [0.15, 0.2) is 24.3 Å². The van der Waals surface area contributed by atoms with E-state index in [0.29, 0.717) is 0 Å². The molecule has 9 nitrogen and oxygen atoms in total. The molecule has 0 amide bonds. The van der Waals surface area contributed by atoms with Crippen molar-refractivity contribution in [3.8, 4) is 0 Å². The maximum atomic E-state index is 11.7. The van der Waals surface area contributed by atoms with Crippen molar-refractivity contribution in [2.75, 3.05) is 0 Å². The molecule has 9 heteroatoms. The Kier molecular flexibility index (Phi) is 3.02. The number of cyclic esters (lactones) is 1. The first-order valence-corrected chi connectivity index (χ1v) is 6.35. The lowest BCUT2D eigenvalue weighted by Crippen LogP contribution is -2.39. The predicted molar refractivity (Wildman–Crippen MR) is 67.7 cm³/mol. The molecule has 1 aliphatic carbocycles. The Morgan fingerprint density at radius 3 is 2.50 bits per heavy atom. The van der Waals surface area contributed by atoms with E-state index < -0.39 is 46.5 Å². The minimum atomic E-state index is -2.10. The average Bonchev–Trinajstić information content (AvgIpc) is 2.94. The van der Waals surface area contributed by atoms with E-state index in [1.807, 2.05) is 0 Å². The Bertz CT molecular complexity index is 688. The molecule has 0 aromatic heterocycles. The number of carbonyl (C=O) groups is 2. The molecule has 0 bridgehead atoms. The average molecular weight is 309 g/mol. The Balaban J connectivity index is 1.92. The molecule has 3 rings (SSSR count). The first-order chi connectivity index (χ1) is 10.3. The zero-order chi connectivity index (χ0) is 16.2. The lowest BCUT2D eigenvalue weighted by molar-refractivity contribution is -0.384. The van der Waals surface area contributed by atoms with E-state index in [-0.39, 0.29) is 11.3 Å². The summed E-state index contributed by atoms with van der Waals surface area (Å²) < 4.78 is 4.63. The Morgan fingerprint density at radius 1 is 1.27 bits per heavy atom. The molecule has 1 heterocycles. The summed E-state index contributed by atoms with van der Waals surface area (Å²) in [6.07, 6.45) is -5.14. The summed E-state index contributed by atoms with van der Waals surface area (Å²) in [6.45, 7) is 0. The Morgan fingerprint density at radius 2 is 1.95 bits per heavy atom. The van der Waals surface area contributed by atoms with Crippen molar-refractivity contribution in [3.63, 3.8) is 0 Å². The second kappa shape index (κ2) is 4.57. The van der Waals surface area contributed by atoms with Crippen LogP contribution in [0.5, 0.6) is 0 Å². The van der Waals surface area contributed by atoms with Gasteiger partial charge in [0.05, 0.1) is 11.0 Å². The summed E-state index contributed by atoms with van der Waals surface area (Å²) >= 11 is 0. The molecule has 0 spiro atoms. The minimum Gasteiger partial charge on any atom is -0.449 e. The van der Waals surface area contributed by atoms with Gasteiger partial charge in [0.2, 0.25) is 11.9 Å². The highest BCUT2D eigenvalue weighted by Crippen LogP contribution is 2.56. The van der Waals surface area contributed by atoms with E-state index in [1.165, 1.54) is 18.2 Å². The van der Waals surface area contributed by atoms with Crippen LogP contribution in [0, 0.1) is 10.1 Å². The number of hydrogen-bond acceptors (Lipinski definition) is 8. The fourth-order valence-corrected chi connectivity index (χ4v) is 2.80. The number of carbonyl (C=O) groups excluding carboxylic acids is 2. The van der Waals surface area contributed by atoms with Crippen molar-refractivity contribution < 1.29 is 34.6 Å². The molecular weight excluding hydrogens is 298 g/mol. The smallest absolute Gasteiger partial charge is 0.343 e. The number of rotatable bonds is 3. The number of hydrogen-bond donors (Lipinski definition) is 3. The van der Waals surface area contributed by atoms with Gasteiger partial charge in [0.15, 0.2) is 6.10 Å². The number of benzene rings is 1. The number of nitrogens with zero attached hydrogens (tertiary/aromatic N) is 1. The van der Waals surface area contributed by atoms with Crippen molar-refractivity contribution in [3.05, 3.63) is 39.9 Å². The van der Waals surface area contributed by atoms with Crippen molar-refractivity contribution >= 4 is 17.4 Å². The van der Waals surface area contributed by atoms with Crippen LogP contribution in [-0.4, -0.2) is 55.9 Å². The monoisotopic (exact) mass is 309 g/mol. The number of ether oxygens (including phenoxy) is 1. The first kappa shape index (κ1) is 14.6.